The summed E-state index contributed by atoms with van der Waals surface area (Å²) < 4.78 is 23.4. The maximum atomic E-state index is 11.7. The Morgan fingerprint density at radius 3 is 2.59 bits per heavy atom. The van der Waals surface area contributed by atoms with Crippen LogP contribution in [-0.2, 0) is 16.4 Å². The van der Waals surface area contributed by atoms with Gasteiger partial charge in [0.15, 0.2) is 15.8 Å². The summed E-state index contributed by atoms with van der Waals surface area (Å²) in [6.45, 7) is 5.74. The Kier molecular flexibility index (Phi) is 10.1. The van der Waals surface area contributed by atoms with Crippen molar-refractivity contribution in [1.29, 1.82) is 0 Å². The number of nitrogens with zero attached hydrogens (tertiary/aromatic N) is 1. The molecular formula is C20H34IN3O2S. The van der Waals surface area contributed by atoms with E-state index < -0.39 is 9.84 Å². The van der Waals surface area contributed by atoms with Crippen LogP contribution in [0.3, 0.4) is 0 Å². The normalized spacial score (nSPS) is 20.7. The molecule has 1 aromatic rings. The fourth-order valence-corrected chi connectivity index (χ4v) is 4.82. The minimum absolute atomic E-state index is 0. The summed E-state index contributed by atoms with van der Waals surface area (Å²) in [5.74, 6) is 2.48. The lowest BCUT2D eigenvalue weighted by Gasteiger charge is -2.26. The number of benzene rings is 1. The Morgan fingerprint density at radius 2 is 2.00 bits per heavy atom. The molecule has 2 atom stereocenters. The van der Waals surface area contributed by atoms with Crippen LogP contribution in [0.4, 0.5) is 0 Å². The van der Waals surface area contributed by atoms with Gasteiger partial charge in [-0.3, -0.25) is 4.99 Å². The Morgan fingerprint density at radius 1 is 1.26 bits per heavy atom. The third-order valence-electron chi connectivity index (χ3n) is 5.21. The molecule has 1 fully saturated rings. The molecule has 0 aromatic heterocycles. The van der Waals surface area contributed by atoms with Gasteiger partial charge in [0.05, 0.1) is 4.90 Å². The summed E-state index contributed by atoms with van der Waals surface area (Å²) in [6, 6.07) is 5.45. The molecule has 7 heteroatoms. The smallest absolute Gasteiger partial charge is 0.191 e. The summed E-state index contributed by atoms with van der Waals surface area (Å²) in [5.41, 5.74) is 1.82. The average Bonchev–Trinajstić information content (AvgIpc) is 2.57. The van der Waals surface area contributed by atoms with Crippen LogP contribution in [0.25, 0.3) is 0 Å². The topological polar surface area (TPSA) is 70.6 Å². The second-order valence-electron chi connectivity index (χ2n) is 7.65. The van der Waals surface area contributed by atoms with Gasteiger partial charge < -0.3 is 10.6 Å². The van der Waals surface area contributed by atoms with Crippen LogP contribution in [0.15, 0.2) is 28.1 Å². The van der Waals surface area contributed by atoms with E-state index in [0.717, 1.165) is 35.5 Å². The highest BCUT2D eigenvalue weighted by Gasteiger charge is 2.18. The van der Waals surface area contributed by atoms with Gasteiger partial charge >= 0.3 is 0 Å². The molecular weight excluding hydrogens is 473 g/mol. The first kappa shape index (κ1) is 24.2. The van der Waals surface area contributed by atoms with Gasteiger partial charge in [-0.25, -0.2) is 8.42 Å². The van der Waals surface area contributed by atoms with E-state index in [-0.39, 0.29) is 24.0 Å². The van der Waals surface area contributed by atoms with Crippen molar-refractivity contribution < 1.29 is 8.42 Å². The zero-order chi connectivity index (χ0) is 19.2. The molecule has 5 nitrogen and oxygen atoms in total. The summed E-state index contributed by atoms with van der Waals surface area (Å²) in [6.07, 6.45) is 7.87. The second kappa shape index (κ2) is 11.2. The van der Waals surface area contributed by atoms with E-state index in [4.69, 9.17) is 0 Å². The first-order chi connectivity index (χ1) is 12.3. The summed E-state index contributed by atoms with van der Waals surface area (Å²) in [4.78, 5) is 4.67. The Hall–Kier alpha value is -0.830. The molecule has 0 amide bonds. The first-order valence-electron chi connectivity index (χ1n) is 9.53. The summed E-state index contributed by atoms with van der Waals surface area (Å²) in [5, 5.41) is 6.70. The van der Waals surface area contributed by atoms with Crippen molar-refractivity contribution in [3.63, 3.8) is 0 Å². The molecule has 1 aromatic carbocycles. The molecule has 0 spiro atoms. The standard InChI is InChI=1S/C20H33N3O2S.HI/c1-15-6-5-7-17(12-15)10-11-22-20(21-3)23-14-18-8-9-19(16(2)13-18)26(4,24)25;/h8-9,13,15,17H,5-7,10-12,14H2,1-4H3,(H2,21,22,23);1H. The lowest BCUT2D eigenvalue weighted by Crippen LogP contribution is -2.38. The molecule has 0 bridgehead atoms. The van der Waals surface area contributed by atoms with Crippen LogP contribution >= 0.6 is 24.0 Å². The second-order valence-corrected chi connectivity index (χ2v) is 9.64. The minimum Gasteiger partial charge on any atom is -0.356 e. The average molecular weight is 507 g/mol. The highest BCUT2D eigenvalue weighted by atomic mass is 127. The predicted octanol–water partition coefficient (Wildman–Crippen LogP) is 3.90. The Labute approximate surface area is 181 Å². The zero-order valence-corrected chi connectivity index (χ0v) is 20.1. The Bertz CT molecular complexity index is 735. The van der Waals surface area contributed by atoms with E-state index in [9.17, 15) is 8.42 Å². The molecule has 1 aliphatic carbocycles. The van der Waals surface area contributed by atoms with Crippen molar-refractivity contribution in [2.75, 3.05) is 19.8 Å². The first-order valence-corrected chi connectivity index (χ1v) is 11.4. The zero-order valence-electron chi connectivity index (χ0n) is 16.9. The highest BCUT2D eigenvalue weighted by Crippen LogP contribution is 2.30. The van der Waals surface area contributed by atoms with E-state index in [1.54, 1.807) is 13.1 Å². The van der Waals surface area contributed by atoms with Crippen molar-refractivity contribution in [1.82, 2.24) is 10.6 Å². The van der Waals surface area contributed by atoms with Crippen LogP contribution in [0.5, 0.6) is 0 Å². The molecule has 154 valence electrons. The molecule has 2 unspecified atom stereocenters. The lowest BCUT2D eigenvalue weighted by molar-refractivity contribution is 0.270. The fraction of sp³-hybridized carbons (Fsp3) is 0.650. The SMILES string of the molecule is CN=C(NCCC1CCCC(C)C1)NCc1ccc(S(C)(=O)=O)c(C)c1.I. The Balaban J connectivity index is 0.00000364. The van der Waals surface area contributed by atoms with Crippen molar-refractivity contribution >= 4 is 39.8 Å². The molecule has 2 rings (SSSR count). The fourth-order valence-electron chi connectivity index (χ4n) is 3.86. The van der Waals surface area contributed by atoms with Crippen molar-refractivity contribution in [2.24, 2.45) is 16.8 Å². The van der Waals surface area contributed by atoms with Crippen LogP contribution in [0, 0.1) is 18.8 Å². The maximum Gasteiger partial charge on any atom is 0.191 e. The van der Waals surface area contributed by atoms with Crippen LogP contribution in [0.2, 0.25) is 0 Å². The van der Waals surface area contributed by atoms with Gasteiger partial charge in [-0.05, 0) is 48.8 Å². The lowest BCUT2D eigenvalue weighted by atomic mass is 9.81. The number of aryl methyl sites for hydroxylation is 1. The molecule has 0 radical (unpaired) electrons. The number of aliphatic imine (C=N–C) groups is 1. The molecule has 1 aliphatic rings. The monoisotopic (exact) mass is 507 g/mol. The number of hydrogen-bond acceptors (Lipinski definition) is 3. The number of hydrogen-bond donors (Lipinski definition) is 2. The van der Waals surface area contributed by atoms with E-state index in [1.807, 2.05) is 19.1 Å². The molecule has 1 saturated carbocycles. The highest BCUT2D eigenvalue weighted by molar-refractivity contribution is 14.0. The van der Waals surface area contributed by atoms with Crippen LogP contribution < -0.4 is 10.6 Å². The molecule has 2 N–H and O–H groups in total. The quantitative estimate of drug-likeness (QED) is 0.348. The van der Waals surface area contributed by atoms with Crippen LogP contribution in [0.1, 0.15) is 50.2 Å². The van der Waals surface area contributed by atoms with Gasteiger partial charge in [-0.15, -0.1) is 24.0 Å². The maximum absolute atomic E-state index is 11.7. The van der Waals surface area contributed by atoms with E-state index in [1.165, 1.54) is 38.4 Å². The number of nitrogens with one attached hydrogen (secondary N) is 2. The van der Waals surface area contributed by atoms with Gasteiger partial charge in [0.25, 0.3) is 0 Å². The predicted molar refractivity (Wildman–Crippen MR) is 124 cm³/mol. The third-order valence-corrected chi connectivity index (χ3v) is 6.47. The number of sulfone groups is 1. The molecule has 0 aliphatic heterocycles. The van der Waals surface area contributed by atoms with E-state index >= 15 is 0 Å². The van der Waals surface area contributed by atoms with E-state index in [0.29, 0.717) is 11.4 Å². The van der Waals surface area contributed by atoms with E-state index in [2.05, 4.69) is 22.5 Å². The summed E-state index contributed by atoms with van der Waals surface area (Å²) in [7, 11) is -1.40. The van der Waals surface area contributed by atoms with Gasteiger partial charge in [-0.2, -0.15) is 0 Å². The van der Waals surface area contributed by atoms with Crippen molar-refractivity contribution in [3.8, 4) is 0 Å². The number of guanidine groups is 1. The van der Waals surface area contributed by atoms with Gasteiger partial charge in [0.1, 0.15) is 0 Å². The number of halogens is 1. The largest absolute Gasteiger partial charge is 0.356 e. The third kappa shape index (κ3) is 7.97. The molecule has 0 heterocycles. The minimum atomic E-state index is -3.17. The van der Waals surface area contributed by atoms with Crippen molar-refractivity contribution in [3.05, 3.63) is 29.3 Å². The summed E-state index contributed by atoms with van der Waals surface area (Å²) >= 11 is 0. The van der Waals surface area contributed by atoms with Gasteiger partial charge in [-0.1, -0.05) is 38.3 Å². The molecule has 27 heavy (non-hydrogen) atoms. The number of rotatable bonds is 6. The van der Waals surface area contributed by atoms with Gasteiger partial charge in [0.2, 0.25) is 0 Å². The van der Waals surface area contributed by atoms with Gasteiger partial charge in [0, 0.05) is 26.4 Å². The molecule has 0 saturated heterocycles. The van der Waals surface area contributed by atoms with Crippen molar-refractivity contribution in [2.45, 2.75) is 57.4 Å². The van der Waals surface area contributed by atoms with Crippen LogP contribution in [-0.4, -0.2) is 34.2 Å².